The molecule has 24 heavy (non-hydrogen) atoms. The fourth-order valence-corrected chi connectivity index (χ4v) is 3.53. The first-order chi connectivity index (χ1) is 11.3. The molecule has 0 fully saturated rings. The summed E-state index contributed by atoms with van der Waals surface area (Å²) in [5, 5.41) is 30.5. The van der Waals surface area contributed by atoms with Crippen LogP contribution in [0.4, 0.5) is 0 Å². The maximum absolute atomic E-state index is 11.1. The van der Waals surface area contributed by atoms with E-state index in [2.05, 4.69) is 5.32 Å². The van der Waals surface area contributed by atoms with Crippen molar-refractivity contribution in [3.63, 3.8) is 0 Å². The lowest BCUT2D eigenvalue weighted by atomic mass is 9.93. The van der Waals surface area contributed by atoms with Crippen LogP contribution in [-0.4, -0.2) is 50.2 Å². The molecule has 0 spiro atoms. The molecule has 1 aromatic rings. The number of amides is 1. The normalized spacial score (nSPS) is 20.1. The lowest BCUT2D eigenvalue weighted by molar-refractivity contribution is -0.140. The minimum absolute atomic E-state index is 0.0773. The number of fused-ring (bicyclic) bond motifs is 1. The number of hydrogen-bond donors (Lipinski definition) is 4. The van der Waals surface area contributed by atoms with E-state index in [9.17, 15) is 19.5 Å². The van der Waals surface area contributed by atoms with E-state index in [1.54, 1.807) is 18.2 Å². The second-order valence-corrected chi connectivity index (χ2v) is 6.55. The molecular formula is C16H17NO6S. The van der Waals surface area contributed by atoms with E-state index in [0.29, 0.717) is 5.56 Å². The number of aliphatic hydroxyl groups excluding tert-OH is 1. The number of benzene rings is 1. The Balaban J connectivity index is 2.11. The van der Waals surface area contributed by atoms with Crippen molar-refractivity contribution in [1.29, 1.82) is 0 Å². The summed E-state index contributed by atoms with van der Waals surface area (Å²) in [5.74, 6) is -2.60. The van der Waals surface area contributed by atoms with Gasteiger partial charge in [0.15, 0.2) is 0 Å². The van der Waals surface area contributed by atoms with Gasteiger partial charge in [0.25, 0.3) is 0 Å². The molecule has 1 amide bonds. The molecule has 0 radical (unpaired) electrons. The van der Waals surface area contributed by atoms with Crippen molar-refractivity contribution in [2.45, 2.75) is 24.3 Å². The van der Waals surface area contributed by atoms with E-state index in [-0.39, 0.29) is 11.3 Å². The molecular weight excluding hydrogens is 334 g/mol. The predicted molar refractivity (Wildman–Crippen MR) is 88.9 cm³/mol. The average Bonchev–Trinajstić information content (AvgIpc) is 2.52. The van der Waals surface area contributed by atoms with E-state index < -0.39 is 35.2 Å². The summed E-state index contributed by atoms with van der Waals surface area (Å²) in [7, 11) is 0. The van der Waals surface area contributed by atoms with Crippen molar-refractivity contribution in [3.05, 3.63) is 41.0 Å². The van der Waals surface area contributed by atoms with Crippen molar-refractivity contribution in [1.82, 2.24) is 5.32 Å². The quantitative estimate of drug-likeness (QED) is 0.606. The van der Waals surface area contributed by atoms with Crippen LogP contribution in [0.2, 0.25) is 0 Å². The molecule has 1 aromatic carbocycles. The number of carbonyl (C=O) groups is 3. The Morgan fingerprint density at radius 2 is 2.00 bits per heavy atom. The Hall–Kier alpha value is -2.32. The number of aliphatic carboxylic acids is 1. The number of rotatable bonds is 6. The molecule has 7 nitrogen and oxygen atoms in total. The molecule has 0 aliphatic heterocycles. The van der Waals surface area contributed by atoms with E-state index in [1.807, 2.05) is 0 Å². The number of aliphatic hydroxyl groups is 1. The molecule has 1 aliphatic rings. The highest BCUT2D eigenvalue weighted by Gasteiger charge is 2.28. The number of carboxylic acid groups (broad SMARTS) is 2. The van der Waals surface area contributed by atoms with Gasteiger partial charge in [-0.25, -0.2) is 9.59 Å². The van der Waals surface area contributed by atoms with Crippen LogP contribution in [0, 0.1) is 0 Å². The first-order valence-electron chi connectivity index (χ1n) is 7.14. The molecule has 0 bridgehead atoms. The van der Waals surface area contributed by atoms with Crippen LogP contribution < -0.4 is 5.32 Å². The number of aromatic carboxylic acids is 1. The summed E-state index contributed by atoms with van der Waals surface area (Å²) in [6.07, 6.45) is 2.55. The second kappa shape index (κ2) is 7.50. The van der Waals surface area contributed by atoms with Crippen LogP contribution in [-0.2, 0) is 9.59 Å². The van der Waals surface area contributed by atoms with Crippen LogP contribution in [0.3, 0.4) is 0 Å². The zero-order valence-electron chi connectivity index (χ0n) is 12.8. The highest BCUT2D eigenvalue weighted by molar-refractivity contribution is 8.00. The topological polar surface area (TPSA) is 124 Å². The Kier molecular flexibility index (Phi) is 5.63. The van der Waals surface area contributed by atoms with E-state index >= 15 is 0 Å². The SMILES string of the molecule is CC(=O)N[C@@H](CSC1C=Cc2ccc(C(=O)O)cc2C1O)C(=O)O. The number of hydrogen-bond acceptors (Lipinski definition) is 5. The zero-order chi connectivity index (χ0) is 17.9. The van der Waals surface area contributed by atoms with Crippen LogP contribution in [0.1, 0.15) is 34.5 Å². The number of carboxylic acids is 2. The third-order valence-corrected chi connectivity index (χ3v) is 4.89. The smallest absolute Gasteiger partial charge is 0.335 e. The standard InChI is InChI=1S/C16H17NO6S/c1-8(18)17-12(16(22)23)7-24-13-5-4-9-2-3-10(15(20)21)6-11(9)14(13)19/h2-6,12-14,19H,7H2,1H3,(H,17,18)(H,20,21)(H,22,23)/t12-,13?,14?/m0/s1. The van der Waals surface area contributed by atoms with Gasteiger partial charge in [0.2, 0.25) is 5.91 Å². The van der Waals surface area contributed by atoms with Crippen LogP contribution in [0.15, 0.2) is 24.3 Å². The van der Waals surface area contributed by atoms with Crippen LogP contribution in [0.5, 0.6) is 0 Å². The van der Waals surface area contributed by atoms with Gasteiger partial charge >= 0.3 is 11.9 Å². The van der Waals surface area contributed by atoms with Gasteiger partial charge in [0.05, 0.1) is 16.9 Å². The van der Waals surface area contributed by atoms with Crippen molar-refractivity contribution >= 4 is 35.7 Å². The lowest BCUT2D eigenvalue weighted by Gasteiger charge is -2.26. The Morgan fingerprint density at radius 1 is 1.29 bits per heavy atom. The van der Waals surface area contributed by atoms with Gasteiger partial charge in [-0.3, -0.25) is 4.79 Å². The lowest BCUT2D eigenvalue weighted by Crippen LogP contribution is -2.42. The van der Waals surface area contributed by atoms with Gasteiger partial charge in [-0.2, -0.15) is 0 Å². The molecule has 4 N–H and O–H groups in total. The molecule has 128 valence electrons. The highest BCUT2D eigenvalue weighted by Crippen LogP contribution is 2.35. The van der Waals surface area contributed by atoms with Crippen molar-refractivity contribution in [3.8, 4) is 0 Å². The summed E-state index contributed by atoms with van der Waals surface area (Å²) in [6.45, 7) is 1.24. The summed E-state index contributed by atoms with van der Waals surface area (Å²) < 4.78 is 0. The van der Waals surface area contributed by atoms with Gasteiger partial charge in [-0.05, 0) is 23.3 Å². The van der Waals surface area contributed by atoms with Gasteiger partial charge in [-0.1, -0.05) is 18.2 Å². The first kappa shape index (κ1) is 18.0. The van der Waals surface area contributed by atoms with Crippen LogP contribution in [0.25, 0.3) is 6.08 Å². The van der Waals surface area contributed by atoms with E-state index in [0.717, 1.165) is 5.56 Å². The molecule has 1 aliphatic carbocycles. The highest BCUT2D eigenvalue weighted by atomic mass is 32.2. The Morgan fingerprint density at radius 3 is 2.58 bits per heavy atom. The molecule has 2 unspecified atom stereocenters. The van der Waals surface area contributed by atoms with Gasteiger partial charge in [-0.15, -0.1) is 11.8 Å². The first-order valence-corrected chi connectivity index (χ1v) is 8.19. The fraction of sp³-hybridized carbons (Fsp3) is 0.312. The third-order valence-electron chi connectivity index (χ3n) is 3.56. The minimum atomic E-state index is -1.15. The summed E-state index contributed by atoms with van der Waals surface area (Å²) in [5.41, 5.74) is 1.29. The molecule has 0 saturated carbocycles. The van der Waals surface area contributed by atoms with Crippen molar-refractivity contribution < 1.29 is 29.7 Å². The summed E-state index contributed by atoms with van der Waals surface area (Å²) in [6, 6.07) is 3.45. The minimum Gasteiger partial charge on any atom is -0.480 e. The average molecular weight is 351 g/mol. The van der Waals surface area contributed by atoms with Crippen LogP contribution >= 0.6 is 11.8 Å². The third kappa shape index (κ3) is 4.15. The van der Waals surface area contributed by atoms with Crippen molar-refractivity contribution in [2.75, 3.05) is 5.75 Å². The number of nitrogens with one attached hydrogen (secondary N) is 1. The summed E-state index contributed by atoms with van der Waals surface area (Å²) >= 11 is 1.18. The van der Waals surface area contributed by atoms with E-state index in [4.69, 9.17) is 10.2 Å². The molecule has 0 aromatic heterocycles. The van der Waals surface area contributed by atoms with Gasteiger partial charge < -0.3 is 20.6 Å². The number of thioether (sulfide) groups is 1. The van der Waals surface area contributed by atoms with E-state index in [1.165, 1.54) is 30.8 Å². The molecule has 2 rings (SSSR count). The molecule has 0 heterocycles. The fourth-order valence-electron chi connectivity index (χ4n) is 2.37. The van der Waals surface area contributed by atoms with Gasteiger partial charge in [0, 0.05) is 12.7 Å². The maximum atomic E-state index is 11.1. The molecule has 0 saturated heterocycles. The van der Waals surface area contributed by atoms with Crippen molar-refractivity contribution in [2.24, 2.45) is 0 Å². The second-order valence-electron chi connectivity index (χ2n) is 5.34. The van der Waals surface area contributed by atoms with Gasteiger partial charge in [0.1, 0.15) is 6.04 Å². The monoisotopic (exact) mass is 351 g/mol. The maximum Gasteiger partial charge on any atom is 0.335 e. The molecule has 8 heteroatoms. The zero-order valence-corrected chi connectivity index (χ0v) is 13.6. The Bertz CT molecular complexity index is 702. The Labute approximate surface area is 142 Å². The number of carbonyl (C=O) groups excluding carboxylic acids is 1. The molecule has 3 atom stereocenters. The summed E-state index contributed by atoms with van der Waals surface area (Å²) in [4.78, 5) is 33.2. The largest absolute Gasteiger partial charge is 0.480 e. The predicted octanol–water partition coefficient (Wildman–Crippen LogP) is 1.14.